The Morgan fingerprint density at radius 3 is 2.28 bits per heavy atom. The van der Waals surface area contributed by atoms with Crippen LogP contribution in [0.2, 0.25) is 0 Å². The standard InChI is InChI=1S/C16H19NO/c1-16(2,3)14-9-10-15(17-11-14)18-12-13-7-5-4-6-8-13/h4-11H,12H2,1-3H3. The lowest BCUT2D eigenvalue weighted by Gasteiger charge is -2.18. The zero-order valence-corrected chi connectivity index (χ0v) is 11.2. The summed E-state index contributed by atoms with van der Waals surface area (Å²) < 4.78 is 5.65. The summed E-state index contributed by atoms with van der Waals surface area (Å²) in [4.78, 5) is 4.34. The second kappa shape index (κ2) is 5.21. The van der Waals surface area contributed by atoms with Crippen LogP contribution < -0.4 is 4.74 Å². The van der Waals surface area contributed by atoms with E-state index >= 15 is 0 Å². The Morgan fingerprint density at radius 1 is 1.00 bits per heavy atom. The molecule has 2 aromatic rings. The van der Waals surface area contributed by atoms with Crippen LogP contribution in [0.15, 0.2) is 48.7 Å². The third-order valence-electron chi connectivity index (χ3n) is 2.83. The first-order valence-electron chi connectivity index (χ1n) is 6.19. The van der Waals surface area contributed by atoms with Crippen molar-refractivity contribution in [3.8, 4) is 5.88 Å². The Balaban J connectivity index is 1.99. The van der Waals surface area contributed by atoms with Crippen LogP contribution in [0, 0.1) is 0 Å². The normalized spacial score (nSPS) is 11.3. The fraction of sp³-hybridized carbons (Fsp3) is 0.312. The number of ether oxygens (including phenoxy) is 1. The largest absolute Gasteiger partial charge is 0.473 e. The highest BCUT2D eigenvalue weighted by atomic mass is 16.5. The van der Waals surface area contributed by atoms with E-state index in [0.29, 0.717) is 12.5 Å². The monoisotopic (exact) mass is 241 g/mol. The molecule has 1 aromatic heterocycles. The average molecular weight is 241 g/mol. The van der Waals surface area contributed by atoms with Gasteiger partial charge in [0.05, 0.1) is 0 Å². The highest BCUT2D eigenvalue weighted by Gasteiger charge is 2.13. The van der Waals surface area contributed by atoms with Crippen molar-refractivity contribution in [2.75, 3.05) is 0 Å². The Morgan fingerprint density at radius 2 is 1.72 bits per heavy atom. The van der Waals surface area contributed by atoms with Gasteiger partial charge < -0.3 is 4.74 Å². The van der Waals surface area contributed by atoms with Gasteiger partial charge in [0.1, 0.15) is 6.61 Å². The van der Waals surface area contributed by atoms with E-state index in [-0.39, 0.29) is 5.41 Å². The molecule has 0 amide bonds. The number of pyridine rings is 1. The topological polar surface area (TPSA) is 22.1 Å². The molecule has 94 valence electrons. The van der Waals surface area contributed by atoms with Gasteiger partial charge in [-0.05, 0) is 16.5 Å². The minimum absolute atomic E-state index is 0.130. The van der Waals surface area contributed by atoms with E-state index in [4.69, 9.17) is 4.74 Å². The maximum Gasteiger partial charge on any atom is 0.213 e. The average Bonchev–Trinajstić information content (AvgIpc) is 2.37. The predicted octanol–water partition coefficient (Wildman–Crippen LogP) is 3.96. The molecule has 2 nitrogen and oxygen atoms in total. The first kappa shape index (κ1) is 12.6. The maximum atomic E-state index is 5.65. The van der Waals surface area contributed by atoms with Gasteiger partial charge in [0, 0.05) is 12.3 Å². The Kier molecular flexibility index (Phi) is 3.66. The first-order valence-corrected chi connectivity index (χ1v) is 6.19. The van der Waals surface area contributed by atoms with Crippen molar-refractivity contribution >= 4 is 0 Å². The summed E-state index contributed by atoms with van der Waals surface area (Å²) >= 11 is 0. The van der Waals surface area contributed by atoms with Gasteiger partial charge in [0.25, 0.3) is 0 Å². The first-order chi connectivity index (χ1) is 8.55. The lowest BCUT2D eigenvalue weighted by molar-refractivity contribution is 0.293. The molecule has 0 atom stereocenters. The number of nitrogens with zero attached hydrogens (tertiary/aromatic N) is 1. The number of aromatic nitrogens is 1. The molecule has 0 fully saturated rings. The molecule has 18 heavy (non-hydrogen) atoms. The minimum atomic E-state index is 0.130. The van der Waals surface area contributed by atoms with E-state index in [1.54, 1.807) is 0 Å². The summed E-state index contributed by atoms with van der Waals surface area (Å²) in [6.07, 6.45) is 1.89. The fourth-order valence-corrected chi connectivity index (χ4v) is 1.64. The van der Waals surface area contributed by atoms with Crippen molar-refractivity contribution in [1.82, 2.24) is 4.98 Å². The van der Waals surface area contributed by atoms with Crippen molar-refractivity contribution in [1.29, 1.82) is 0 Å². The summed E-state index contributed by atoms with van der Waals surface area (Å²) in [6, 6.07) is 14.1. The van der Waals surface area contributed by atoms with Gasteiger partial charge in [0.15, 0.2) is 0 Å². The highest BCUT2D eigenvalue weighted by Crippen LogP contribution is 2.22. The quantitative estimate of drug-likeness (QED) is 0.811. The Labute approximate surface area is 109 Å². The van der Waals surface area contributed by atoms with Crippen LogP contribution in [0.5, 0.6) is 5.88 Å². The van der Waals surface area contributed by atoms with Crippen LogP contribution >= 0.6 is 0 Å². The Bertz CT molecular complexity index is 483. The lowest BCUT2D eigenvalue weighted by atomic mass is 9.88. The second-order valence-electron chi connectivity index (χ2n) is 5.41. The predicted molar refractivity (Wildman–Crippen MR) is 73.7 cm³/mol. The molecule has 1 heterocycles. The smallest absolute Gasteiger partial charge is 0.213 e. The van der Waals surface area contributed by atoms with Crippen LogP contribution in [0.1, 0.15) is 31.9 Å². The van der Waals surface area contributed by atoms with Crippen molar-refractivity contribution in [2.45, 2.75) is 32.8 Å². The van der Waals surface area contributed by atoms with Crippen LogP contribution in [0.25, 0.3) is 0 Å². The van der Waals surface area contributed by atoms with E-state index < -0.39 is 0 Å². The number of rotatable bonds is 3. The fourth-order valence-electron chi connectivity index (χ4n) is 1.64. The molecule has 0 bridgehead atoms. The van der Waals surface area contributed by atoms with Gasteiger partial charge in [-0.15, -0.1) is 0 Å². The third-order valence-corrected chi connectivity index (χ3v) is 2.83. The van der Waals surface area contributed by atoms with Gasteiger partial charge in [0.2, 0.25) is 5.88 Å². The number of benzene rings is 1. The summed E-state index contributed by atoms with van der Waals surface area (Å²) in [5, 5.41) is 0. The summed E-state index contributed by atoms with van der Waals surface area (Å²) in [5.74, 6) is 0.673. The van der Waals surface area contributed by atoms with Crippen molar-refractivity contribution < 1.29 is 4.74 Å². The lowest BCUT2D eigenvalue weighted by Crippen LogP contribution is -2.11. The summed E-state index contributed by atoms with van der Waals surface area (Å²) in [5.41, 5.74) is 2.50. The molecule has 0 saturated heterocycles. The second-order valence-corrected chi connectivity index (χ2v) is 5.41. The highest BCUT2D eigenvalue weighted by molar-refractivity contribution is 5.24. The molecule has 2 rings (SSSR count). The van der Waals surface area contributed by atoms with Gasteiger partial charge in [-0.2, -0.15) is 0 Å². The summed E-state index contributed by atoms with van der Waals surface area (Å²) in [6.45, 7) is 7.08. The molecule has 2 heteroatoms. The minimum Gasteiger partial charge on any atom is -0.473 e. The number of hydrogen-bond donors (Lipinski definition) is 0. The molecule has 0 radical (unpaired) electrons. The van der Waals surface area contributed by atoms with E-state index in [1.165, 1.54) is 5.56 Å². The third kappa shape index (κ3) is 3.33. The van der Waals surface area contributed by atoms with Gasteiger partial charge >= 0.3 is 0 Å². The zero-order valence-electron chi connectivity index (χ0n) is 11.2. The van der Waals surface area contributed by atoms with Crippen LogP contribution in [-0.4, -0.2) is 4.98 Å². The molecule has 1 aromatic carbocycles. The Hall–Kier alpha value is -1.83. The molecule has 0 saturated carbocycles. The molecule has 0 aliphatic heterocycles. The molecule has 0 unspecified atom stereocenters. The molecule has 0 aliphatic carbocycles. The van der Waals surface area contributed by atoms with Crippen molar-refractivity contribution in [3.63, 3.8) is 0 Å². The van der Waals surface area contributed by atoms with Crippen molar-refractivity contribution in [3.05, 3.63) is 59.8 Å². The SMILES string of the molecule is CC(C)(C)c1ccc(OCc2ccccc2)nc1. The molecular formula is C16H19NO. The van der Waals surface area contributed by atoms with Crippen LogP contribution in [0.3, 0.4) is 0 Å². The molecule has 0 N–H and O–H groups in total. The van der Waals surface area contributed by atoms with Crippen LogP contribution in [-0.2, 0) is 12.0 Å². The van der Waals surface area contributed by atoms with E-state index in [2.05, 4.69) is 31.8 Å². The van der Waals surface area contributed by atoms with Gasteiger partial charge in [-0.3, -0.25) is 0 Å². The van der Waals surface area contributed by atoms with Crippen LogP contribution in [0.4, 0.5) is 0 Å². The van der Waals surface area contributed by atoms with Crippen molar-refractivity contribution in [2.24, 2.45) is 0 Å². The van der Waals surface area contributed by atoms with E-state index in [0.717, 1.165) is 5.56 Å². The number of hydrogen-bond acceptors (Lipinski definition) is 2. The molecule has 0 aliphatic rings. The van der Waals surface area contributed by atoms with Gasteiger partial charge in [-0.1, -0.05) is 57.2 Å². The van der Waals surface area contributed by atoms with E-state index in [9.17, 15) is 0 Å². The van der Waals surface area contributed by atoms with Gasteiger partial charge in [-0.25, -0.2) is 4.98 Å². The maximum absolute atomic E-state index is 5.65. The molecular weight excluding hydrogens is 222 g/mol. The molecule has 0 spiro atoms. The summed E-state index contributed by atoms with van der Waals surface area (Å²) in [7, 11) is 0. The van der Waals surface area contributed by atoms with E-state index in [1.807, 2.05) is 42.6 Å². The zero-order chi connectivity index (χ0) is 13.0.